The van der Waals surface area contributed by atoms with Crippen LogP contribution in [-0.4, -0.2) is 0 Å². The molecule has 0 aliphatic rings. The summed E-state index contributed by atoms with van der Waals surface area (Å²) < 4.78 is 19.0. The molecule has 0 amide bonds. The maximum Gasteiger partial charge on any atom is 0.133 e. The molecule has 0 radical (unpaired) electrons. The third-order valence-corrected chi connectivity index (χ3v) is 2.86. The second-order valence-electron chi connectivity index (χ2n) is 4.32. The molecule has 0 saturated heterocycles. The lowest BCUT2D eigenvalue weighted by Crippen LogP contribution is -1.98. The molecule has 0 unspecified atom stereocenters. The van der Waals surface area contributed by atoms with Crippen LogP contribution in [0.5, 0.6) is 11.5 Å². The van der Waals surface area contributed by atoms with Crippen LogP contribution in [-0.2, 0) is 6.54 Å². The van der Waals surface area contributed by atoms with E-state index < -0.39 is 0 Å². The first-order valence-electron chi connectivity index (χ1n) is 5.84. The molecule has 2 nitrogen and oxygen atoms in total. The van der Waals surface area contributed by atoms with E-state index in [-0.39, 0.29) is 5.82 Å². The van der Waals surface area contributed by atoms with Crippen LogP contribution in [0.15, 0.2) is 36.4 Å². The summed E-state index contributed by atoms with van der Waals surface area (Å²) in [6.07, 6.45) is 0. The molecule has 0 bridgehead atoms. The number of benzene rings is 2. The Labute approximate surface area is 106 Å². The average Bonchev–Trinajstić information content (AvgIpc) is 2.36. The van der Waals surface area contributed by atoms with Crippen LogP contribution in [0.25, 0.3) is 0 Å². The monoisotopic (exact) mass is 245 g/mol. The van der Waals surface area contributed by atoms with Gasteiger partial charge in [0.1, 0.15) is 17.3 Å². The van der Waals surface area contributed by atoms with Gasteiger partial charge in [-0.05, 0) is 42.7 Å². The van der Waals surface area contributed by atoms with E-state index in [2.05, 4.69) is 0 Å². The Balaban J connectivity index is 2.36. The quantitative estimate of drug-likeness (QED) is 0.895. The van der Waals surface area contributed by atoms with Gasteiger partial charge in [-0.2, -0.15) is 0 Å². The van der Waals surface area contributed by atoms with E-state index in [0.717, 1.165) is 16.7 Å². The highest BCUT2D eigenvalue weighted by Gasteiger charge is 2.06. The molecule has 2 aromatic carbocycles. The summed E-state index contributed by atoms with van der Waals surface area (Å²) in [6.45, 7) is 4.29. The molecular formula is C15H16FNO. The summed E-state index contributed by atoms with van der Waals surface area (Å²) in [5.41, 5.74) is 8.48. The van der Waals surface area contributed by atoms with E-state index in [0.29, 0.717) is 18.0 Å². The average molecular weight is 245 g/mol. The summed E-state index contributed by atoms with van der Waals surface area (Å²) in [4.78, 5) is 0. The lowest BCUT2D eigenvalue weighted by Gasteiger charge is -2.12. The number of ether oxygens (including phenoxy) is 1. The molecule has 0 spiro atoms. The molecule has 2 aromatic rings. The van der Waals surface area contributed by atoms with E-state index in [9.17, 15) is 4.39 Å². The van der Waals surface area contributed by atoms with Gasteiger partial charge in [0, 0.05) is 12.6 Å². The Hall–Kier alpha value is -1.87. The Morgan fingerprint density at radius 2 is 1.61 bits per heavy atom. The molecule has 2 N–H and O–H groups in total. The van der Waals surface area contributed by atoms with Gasteiger partial charge in [0.15, 0.2) is 0 Å². The van der Waals surface area contributed by atoms with Crippen molar-refractivity contribution in [2.24, 2.45) is 5.73 Å². The van der Waals surface area contributed by atoms with Gasteiger partial charge in [0.2, 0.25) is 0 Å². The fourth-order valence-electron chi connectivity index (χ4n) is 1.68. The maximum atomic E-state index is 13.2. The number of aryl methyl sites for hydroxylation is 2. The van der Waals surface area contributed by atoms with Gasteiger partial charge in [-0.25, -0.2) is 4.39 Å². The standard InChI is InChI=1S/C15H16FNO/c1-10-3-5-12(9-17)7-14(10)18-15-8-13(16)6-4-11(15)2/h3-8H,9,17H2,1-2H3. The SMILES string of the molecule is Cc1ccc(F)cc1Oc1cc(CN)ccc1C. The van der Waals surface area contributed by atoms with Gasteiger partial charge < -0.3 is 10.5 Å². The molecule has 3 heteroatoms. The fourth-order valence-corrected chi connectivity index (χ4v) is 1.68. The topological polar surface area (TPSA) is 35.2 Å². The molecule has 0 aliphatic carbocycles. The van der Waals surface area contributed by atoms with Gasteiger partial charge in [-0.15, -0.1) is 0 Å². The number of hydrogen-bond acceptors (Lipinski definition) is 2. The molecule has 18 heavy (non-hydrogen) atoms. The highest BCUT2D eigenvalue weighted by atomic mass is 19.1. The zero-order valence-electron chi connectivity index (χ0n) is 10.5. The van der Waals surface area contributed by atoms with Crippen molar-refractivity contribution in [2.75, 3.05) is 0 Å². The molecular weight excluding hydrogens is 229 g/mol. The largest absolute Gasteiger partial charge is 0.457 e. The lowest BCUT2D eigenvalue weighted by atomic mass is 10.1. The van der Waals surface area contributed by atoms with Gasteiger partial charge in [0.05, 0.1) is 0 Å². The van der Waals surface area contributed by atoms with E-state index in [1.54, 1.807) is 6.07 Å². The zero-order chi connectivity index (χ0) is 13.1. The minimum Gasteiger partial charge on any atom is -0.457 e. The van der Waals surface area contributed by atoms with E-state index in [1.165, 1.54) is 12.1 Å². The first-order chi connectivity index (χ1) is 8.60. The van der Waals surface area contributed by atoms with Crippen LogP contribution in [0.3, 0.4) is 0 Å². The molecule has 0 saturated carbocycles. The third kappa shape index (κ3) is 2.68. The molecule has 0 aromatic heterocycles. The molecule has 0 heterocycles. The second kappa shape index (κ2) is 5.19. The van der Waals surface area contributed by atoms with Crippen molar-refractivity contribution in [3.05, 3.63) is 58.9 Å². The van der Waals surface area contributed by atoms with Crippen molar-refractivity contribution in [2.45, 2.75) is 20.4 Å². The highest BCUT2D eigenvalue weighted by Crippen LogP contribution is 2.29. The fraction of sp³-hybridized carbons (Fsp3) is 0.200. The van der Waals surface area contributed by atoms with Crippen LogP contribution >= 0.6 is 0 Å². The van der Waals surface area contributed by atoms with E-state index in [1.807, 2.05) is 32.0 Å². The van der Waals surface area contributed by atoms with Crippen molar-refractivity contribution >= 4 is 0 Å². The predicted molar refractivity (Wildman–Crippen MR) is 70.3 cm³/mol. The van der Waals surface area contributed by atoms with Crippen molar-refractivity contribution in [1.29, 1.82) is 0 Å². The minimum atomic E-state index is -0.303. The summed E-state index contributed by atoms with van der Waals surface area (Å²) in [6, 6.07) is 10.3. The first-order valence-corrected chi connectivity index (χ1v) is 5.84. The Morgan fingerprint density at radius 1 is 1.00 bits per heavy atom. The number of hydrogen-bond donors (Lipinski definition) is 1. The lowest BCUT2D eigenvalue weighted by molar-refractivity contribution is 0.469. The molecule has 0 aliphatic heterocycles. The Kier molecular flexibility index (Phi) is 3.63. The van der Waals surface area contributed by atoms with Gasteiger partial charge in [-0.3, -0.25) is 0 Å². The van der Waals surface area contributed by atoms with Crippen molar-refractivity contribution in [1.82, 2.24) is 0 Å². The van der Waals surface area contributed by atoms with Crippen molar-refractivity contribution < 1.29 is 9.13 Å². The Bertz CT molecular complexity index is 566. The number of nitrogens with two attached hydrogens (primary N) is 1. The zero-order valence-corrected chi connectivity index (χ0v) is 10.5. The summed E-state index contributed by atoms with van der Waals surface area (Å²) >= 11 is 0. The molecule has 0 atom stereocenters. The summed E-state index contributed by atoms with van der Waals surface area (Å²) in [5.74, 6) is 0.946. The van der Waals surface area contributed by atoms with Crippen LogP contribution in [0.1, 0.15) is 16.7 Å². The van der Waals surface area contributed by atoms with Crippen LogP contribution in [0.4, 0.5) is 4.39 Å². The van der Waals surface area contributed by atoms with E-state index in [4.69, 9.17) is 10.5 Å². The minimum absolute atomic E-state index is 0.303. The number of halogens is 1. The second-order valence-corrected chi connectivity index (χ2v) is 4.32. The maximum absolute atomic E-state index is 13.2. The van der Waals surface area contributed by atoms with Crippen LogP contribution < -0.4 is 10.5 Å². The van der Waals surface area contributed by atoms with Gasteiger partial charge in [0.25, 0.3) is 0 Å². The Morgan fingerprint density at radius 3 is 2.28 bits per heavy atom. The van der Waals surface area contributed by atoms with Crippen LogP contribution in [0.2, 0.25) is 0 Å². The molecule has 94 valence electrons. The smallest absolute Gasteiger partial charge is 0.133 e. The van der Waals surface area contributed by atoms with E-state index >= 15 is 0 Å². The van der Waals surface area contributed by atoms with Crippen molar-refractivity contribution in [3.8, 4) is 11.5 Å². The number of rotatable bonds is 3. The predicted octanol–water partition coefficient (Wildman–Crippen LogP) is 3.69. The highest BCUT2D eigenvalue weighted by molar-refractivity contribution is 5.42. The van der Waals surface area contributed by atoms with Crippen molar-refractivity contribution in [3.63, 3.8) is 0 Å². The molecule has 2 rings (SSSR count). The first kappa shape index (κ1) is 12.6. The van der Waals surface area contributed by atoms with Gasteiger partial charge in [-0.1, -0.05) is 18.2 Å². The third-order valence-electron chi connectivity index (χ3n) is 2.86. The molecule has 0 fully saturated rings. The summed E-state index contributed by atoms with van der Waals surface area (Å²) in [5, 5.41) is 0. The van der Waals surface area contributed by atoms with Gasteiger partial charge >= 0.3 is 0 Å². The summed E-state index contributed by atoms with van der Waals surface area (Å²) in [7, 11) is 0. The van der Waals surface area contributed by atoms with Crippen LogP contribution in [0, 0.1) is 19.7 Å². The normalized spacial score (nSPS) is 10.4.